The average Bonchev–Trinajstić information content (AvgIpc) is 2.40. The monoisotopic (exact) mass is 301 g/mol. The largest absolute Gasteiger partial charge is 0.495 e. The molecule has 0 unspecified atom stereocenters. The predicted molar refractivity (Wildman–Crippen MR) is 74.5 cm³/mol. The number of pyridine rings is 1. The molecule has 0 fully saturated rings. The van der Waals surface area contributed by atoms with E-state index in [9.17, 15) is 4.39 Å². The summed E-state index contributed by atoms with van der Waals surface area (Å²) in [5.74, 6) is 0.362. The molecule has 0 aliphatic carbocycles. The lowest BCUT2D eigenvalue weighted by atomic mass is 10.3. The summed E-state index contributed by atoms with van der Waals surface area (Å²) >= 11 is 11.5. The predicted octanol–water partition coefficient (Wildman–Crippen LogP) is 3.98. The number of hydrogen-bond acceptors (Lipinski definition) is 4. The summed E-state index contributed by atoms with van der Waals surface area (Å²) in [4.78, 5) is 4.00. The SMILES string of the molecule is COc1cc(NNc2ccc(Cl)cn2)c(F)cc1Cl. The number of methoxy groups -OCH3 is 1. The molecule has 2 N–H and O–H groups in total. The van der Waals surface area contributed by atoms with Gasteiger partial charge in [0.1, 0.15) is 17.4 Å². The fourth-order valence-corrected chi connectivity index (χ4v) is 1.70. The number of hydrazine groups is 1. The fourth-order valence-electron chi connectivity index (χ4n) is 1.36. The van der Waals surface area contributed by atoms with Gasteiger partial charge in [0.15, 0.2) is 0 Å². The van der Waals surface area contributed by atoms with Gasteiger partial charge in [-0.25, -0.2) is 9.37 Å². The van der Waals surface area contributed by atoms with Gasteiger partial charge in [-0.1, -0.05) is 23.2 Å². The Morgan fingerprint density at radius 2 is 2.00 bits per heavy atom. The van der Waals surface area contributed by atoms with Crippen molar-refractivity contribution in [2.24, 2.45) is 0 Å². The third kappa shape index (κ3) is 3.39. The zero-order valence-corrected chi connectivity index (χ0v) is 11.4. The number of nitrogens with one attached hydrogen (secondary N) is 2. The van der Waals surface area contributed by atoms with Crippen molar-refractivity contribution in [3.8, 4) is 5.75 Å². The molecule has 19 heavy (non-hydrogen) atoms. The highest BCUT2D eigenvalue weighted by Gasteiger charge is 2.08. The second-order valence-corrected chi connectivity index (χ2v) is 4.42. The summed E-state index contributed by atoms with van der Waals surface area (Å²) in [5, 5.41) is 0.722. The Kier molecular flexibility index (Phi) is 4.29. The maximum absolute atomic E-state index is 13.6. The van der Waals surface area contributed by atoms with E-state index in [2.05, 4.69) is 15.8 Å². The number of nitrogens with zero attached hydrogens (tertiary/aromatic N) is 1. The quantitative estimate of drug-likeness (QED) is 0.839. The van der Waals surface area contributed by atoms with Crippen molar-refractivity contribution in [1.29, 1.82) is 0 Å². The van der Waals surface area contributed by atoms with Crippen LogP contribution >= 0.6 is 23.2 Å². The summed E-state index contributed by atoms with van der Waals surface area (Å²) in [7, 11) is 1.46. The van der Waals surface area contributed by atoms with E-state index >= 15 is 0 Å². The van der Waals surface area contributed by atoms with Crippen LogP contribution in [0.15, 0.2) is 30.5 Å². The minimum absolute atomic E-state index is 0.193. The maximum atomic E-state index is 13.6. The molecule has 1 aromatic heterocycles. The van der Waals surface area contributed by atoms with Crippen molar-refractivity contribution in [3.63, 3.8) is 0 Å². The third-order valence-corrected chi connectivity index (χ3v) is 2.81. The van der Waals surface area contributed by atoms with Crippen LogP contribution in [0.5, 0.6) is 5.75 Å². The van der Waals surface area contributed by atoms with Crippen molar-refractivity contribution >= 4 is 34.7 Å². The van der Waals surface area contributed by atoms with Crippen molar-refractivity contribution in [3.05, 3.63) is 46.3 Å². The van der Waals surface area contributed by atoms with Crippen LogP contribution in [0.25, 0.3) is 0 Å². The van der Waals surface area contributed by atoms with Crippen molar-refractivity contribution < 1.29 is 9.13 Å². The van der Waals surface area contributed by atoms with Crippen LogP contribution in [-0.4, -0.2) is 12.1 Å². The van der Waals surface area contributed by atoms with Crippen molar-refractivity contribution in [1.82, 2.24) is 4.98 Å². The molecular weight excluding hydrogens is 292 g/mol. The number of rotatable bonds is 4. The first-order valence-electron chi connectivity index (χ1n) is 5.27. The van der Waals surface area contributed by atoms with Crippen LogP contribution in [0, 0.1) is 5.82 Å². The molecule has 4 nitrogen and oxygen atoms in total. The van der Waals surface area contributed by atoms with E-state index < -0.39 is 5.82 Å². The van der Waals surface area contributed by atoms with E-state index in [-0.39, 0.29) is 10.7 Å². The van der Waals surface area contributed by atoms with E-state index in [0.29, 0.717) is 16.6 Å². The van der Waals surface area contributed by atoms with E-state index in [1.54, 1.807) is 12.1 Å². The van der Waals surface area contributed by atoms with Gasteiger partial charge in [-0.15, -0.1) is 0 Å². The molecule has 1 aromatic carbocycles. The lowest BCUT2D eigenvalue weighted by molar-refractivity contribution is 0.414. The fraction of sp³-hybridized carbons (Fsp3) is 0.0833. The smallest absolute Gasteiger partial charge is 0.149 e. The Bertz CT molecular complexity index is 578. The van der Waals surface area contributed by atoms with Gasteiger partial charge in [0.25, 0.3) is 0 Å². The second-order valence-electron chi connectivity index (χ2n) is 3.58. The van der Waals surface area contributed by atoms with Gasteiger partial charge in [-0.3, -0.25) is 10.9 Å². The Balaban J connectivity index is 2.13. The van der Waals surface area contributed by atoms with Crippen LogP contribution < -0.4 is 15.6 Å². The molecule has 0 aliphatic heterocycles. The first-order chi connectivity index (χ1) is 9.10. The Hall–Kier alpha value is -1.72. The van der Waals surface area contributed by atoms with E-state index in [4.69, 9.17) is 27.9 Å². The molecule has 0 amide bonds. The molecule has 0 atom stereocenters. The lowest BCUT2D eigenvalue weighted by Gasteiger charge is -2.12. The van der Waals surface area contributed by atoms with Crippen LogP contribution in [0.3, 0.4) is 0 Å². The van der Waals surface area contributed by atoms with Crippen LogP contribution in [0.2, 0.25) is 10.0 Å². The summed E-state index contributed by atoms with van der Waals surface area (Å²) in [6.45, 7) is 0. The van der Waals surface area contributed by atoms with Crippen molar-refractivity contribution in [2.75, 3.05) is 18.0 Å². The number of hydrogen-bond donors (Lipinski definition) is 2. The Morgan fingerprint density at radius 3 is 2.63 bits per heavy atom. The maximum Gasteiger partial charge on any atom is 0.149 e. The molecular formula is C12H10Cl2FN3O. The summed E-state index contributed by atoms with van der Waals surface area (Å²) in [6.07, 6.45) is 1.48. The van der Waals surface area contributed by atoms with Crippen LogP contribution in [-0.2, 0) is 0 Å². The first kappa shape index (κ1) is 13.7. The minimum atomic E-state index is -0.507. The molecule has 7 heteroatoms. The molecule has 0 saturated carbocycles. The summed E-state index contributed by atoms with van der Waals surface area (Å²) in [5.41, 5.74) is 5.62. The Labute approximate surface area is 119 Å². The molecule has 1 heterocycles. The highest BCUT2D eigenvalue weighted by molar-refractivity contribution is 6.32. The van der Waals surface area contributed by atoms with E-state index in [0.717, 1.165) is 0 Å². The van der Waals surface area contributed by atoms with Crippen molar-refractivity contribution in [2.45, 2.75) is 0 Å². The standard InChI is InChI=1S/C12H10Cl2FN3O/c1-19-11-5-10(9(15)4-8(11)14)17-18-12-3-2-7(13)6-16-12/h2-6,17H,1H3,(H,16,18). The summed E-state index contributed by atoms with van der Waals surface area (Å²) in [6, 6.07) is 5.93. The highest BCUT2D eigenvalue weighted by atomic mass is 35.5. The lowest BCUT2D eigenvalue weighted by Crippen LogP contribution is -2.11. The third-order valence-electron chi connectivity index (χ3n) is 2.29. The number of anilines is 2. The van der Waals surface area contributed by atoms with Crippen LogP contribution in [0.4, 0.5) is 15.9 Å². The van der Waals surface area contributed by atoms with Crippen LogP contribution in [0.1, 0.15) is 0 Å². The van der Waals surface area contributed by atoms with E-state index in [1.165, 1.54) is 25.4 Å². The minimum Gasteiger partial charge on any atom is -0.495 e. The molecule has 2 rings (SSSR count). The summed E-state index contributed by atoms with van der Waals surface area (Å²) < 4.78 is 18.7. The molecule has 0 spiro atoms. The second kappa shape index (κ2) is 5.95. The van der Waals surface area contributed by atoms with Gasteiger partial charge >= 0.3 is 0 Å². The van der Waals surface area contributed by atoms with Gasteiger partial charge in [-0.05, 0) is 18.2 Å². The van der Waals surface area contributed by atoms with Gasteiger partial charge < -0.3 is 4.74 Å². The van der Waals surface area contributed by atoms with Gasteiger partial charge in [0.05, 0.1) is 22.8 Å². The van der Waals surface area contributed by atoms with E-state index in [1.807, 2.05) is 0 Å². The number of benzene rings is 1. The molecule has 2 aromatic rings. The zero-order chi connectivity index (χ0) is 13.8. The number of ether oxygens (including phenoxy) is 1. The molecule has 0 aliphatic rings. The topological polar surface area (TPSA) is 46.2 Å². The zero-order valence-electron chi connectivity index (χ0n) is 9.88. The molecule has 0 saturated heterocycles. The average molecular weight is 302 g/mol. The molecule has 0 bridgehead atoms. The number of halogens is 3. The first-order valence-corrected chi connectivity index (χ1v) is 6.02. The normalized spacial score (nSPS) is 10.1. The highest BCUT2D eigenvalue weighted by Crippen LogP contribution is 2.30. The van der Waals surface area contributed by atoms with Gasteiger partial charge in [-0.2, -0.15) is 0 Å². The Morgan fingerprint density at radius 1 is 1.21 bits per heavy atom. The van der Waals surface area contributed by atoms with Gasteiger partial charge in [0.2, 0.25) is 0 Å². The number of aromatic nitrogens is 1. The molecule has 0 radical (unpaired) electrons. The molecule has 100 valence electrons. The van der Waals surface area contributed by atoms with Gasteiger partial charge in [0, 0.05) is 12.3 Å².